The van der Waals surface area contributed by atoms with Crippen LogP contribution in [0.25, 0.3) is 11.3 Å². The largest absolute Gasteiger partial charge is 0.398 e. The summed E-state index contributed by atoms with van der Waals surface area (Å²) in [6.45, 7) is 6.07. The number of aromatic nitrogens is 2. The summed E-state index contributed by atoms with van der Waals surface area (Å²) in [5.74, 6) is 0. The molecule has 3 N–H and O–H groups in total. The van der Waals surface area contributed by atoms with Crippen LogP contribution >= 0.6 is 0 Å². The molecule has 0 amide bonds. The van der Waals surface area contributed by atoms with Gasteiger partial charge in [0.05, 0.1) is 5.69 Å². The summed E-state index contributed by atoms with van der Waals surface area (Å²) in [5.41, 5.74) is 12.1. The minimum Gasteiger partial charge on any atom is -0.398 e. The Morgan fingerprint density at radius 3 is 2.47 bits per heavy atom. The third-order valence-corrected chi connectivity index (χ3v) is 2.51. The van der Waals surface area contributed by atoms with E-state index in [2.05, 4.69) is 29.3 Å². The van der Waals surface area contributed by atoms with Gasteiger partial charge in [-0.1, -0.05) is 11.6 Å². The molecule has 0 aliphatic rings. The monoisotopic (exact) mass is 201 g/mol. The molecular formula is C12H15N3. The van der Waals surface area contributed by atoms with Crippen molar-refractivity contribution in [2.75, 3.05) is 5.73 Å². The van der Waals surface area contributed by atoms with Crippen molar-refractivity contribution in [1.82, 2.24) is 10.2 Å². The maximum Gasteiger partial charge on any atom is 0.0944 e. The van der Waals surface area contributed by atoms with Crippen LogP contribution in [0.1, 0.15) is 16.8 Å². The number of nitrogens with two attached hydrogens (primary N) is 1. The predicted octanol–water partition coefficient (Wildman–Crippen LogP) is 2.58. The average Bonchev–Trinajstić information content (AvgIpc) is 2.58. The Hall–Kier alpha value is -1.77. The molecule has 0 bridgehead atoms. The standard InChI is InChI=1S/C12H15N3/c1-7-4-8(2)12(13)10(5-7)11-6-9(3)14-15-11/h4-6H,13H2,1-3H3,(H,14,15). The van der Waals surface area contributed by atoms with Crippen LogP contribution in [-0.2, 0) is 0 Å². The van der Waals surface area contributed by atoms with E-state index in [0.29, 0.717) is 0 Å². The number of nitrogens with zero attached hydrogens (tertiary/aromatic N) is 1. The Balaban J connectivity index is 2.62. The van der Waals surface area contributed by atoms with Gasteiger partial charge in [-0.25, -0.2) is 0 Å². The van der Waals surface area contributed by atoms with Gasteiger partial charge in [-0.3, -0.25) is 5.10 Å². The number of H-pyrrole nitrogens is 1. The zero-order valence-electron chi connectivity index (χ0n) is 9.26. The molecule has 0 aliphatic heterocycles. The third kappa shape index (κ3) is 1.73. The fraction of sp³-hybridized carbons (Fsp3) is 0.250. The Morgan fingerprint density at radius 1 is 1.13 bits per heavy atom. The summed E-state index contributed by atoms with van der Waals surface area (Å²) in [6, 6.07) is 6.15. The predicted molar refractivity (Wildman–Crippen MR) is 62.6 cm³/mol. The van der Waals surface area contributed by atoms with Crippen LogP contribution < -0.4 is 5.73 Å². The normalized spacial score (nSPS) is 10.6. The van der Waals surface area contributed by atoms with E-state index < -0.39 is 0 Å². The summed E-state index contributed by atoms with van der Waals surface area (Å²) in [4.78, 5) is 0. The first-order valence-electron chi connectivity index (χ1n) is 4.97. The molecule has 0 saturated carbocycles. The lowest BCUT2D eigenvalue weighted by molar-refractivity contribution is 1.05. The summed E-state index contributed by atoms with van der Waals surface area (Å²) >= 11 is 0. The number of anilines is 1. The number of hydrogen-bond donors (Lipinski definition) is 2. The zero-order valence-corrected chi connectivity index (χ0v) is 9.26. The smallest absolute Gasteiger partial charge is 0.0944 e. The second-order valence-corrected chi connectivity index (χ2v) is 3.98. The van der Waals surface area contributed by atoms with Crippen molar-refractivity contribution in [2.45, 2.75) is 20.8 Å². The Bertz CT molecular complexity index is 498. The van der Waals surface area contributed by atoms with Crippen LogP contribution in [0.15, 0.2) is 18.2 Å². The number of nitrogens with one attached hydrogen (secondary N) is 1. The number of rotatable bonds is 1. The Kier molecular flexibility index (Phi) is 2.23. The molecule has 2 rings (SSSR count). The average molecular weight is 201 g/mol. The Morgan fingerprint density at radius 2 is 1.87 bits per heavy atom. The first-order valence-corrected chi connectivity index (χ1v) is 4.97. The van der Waals surface area contributed by atoms with Crippen LogP contribution in [0.2, 0.25) is 0 Å². The molecule has 0 saturated heterocycles. The SMILES string of the molecule is Cc1cc(C)c(N)c(-c2cc(C)[nH]n2)c1. The summed E-state index contributed by atoms with van der Waals surface area (Å²) in [5, 5.41) is 7.15. The van der Waals surface area contributed by atoms with E-state index >= 15 is 0 Å². The van der Waals surface area contributed by atoms with Gasteiger partial charge in [0.2, 0.25) is 0 Å². The molecule has 78 valence electrons. The van der Waals surface area contributed by atoms with Crippen molar-refractivity contribution in [3.8, 4) is 11.3 Å². The molecule has 1 heterocycles. The zero-order chi connectivity index (χ0) is 11.0. The topological polar surface area (TPSA) is 54.7 Å². The Labute approximate surface area is 89.3 Å². The van der Waals surface area contributed by atoms with Gasteiger partial charge in [-0.2, -0.15) is 5.10 Å². The maximum atomic E-state index is 6.04. The highest BCUT2D eigenvalue weighted by molar-refractivity contribution is 5.77. The molecule has 0 spiro atoms. The number of benzene rings is 1. The van der Waals surface area contributed by atoms with Gasteiger partial charge in [0, 0.05) is 16.9 Å². The molecule has 15 heavy (non-hydrogen) atoms. The first kappa shape index (κ1) is 9.77. The quantitative estimate of drug-likeness (QED) is 0.697. The lowest BCUT2D eigenvalue weighted by atomic mass is 10.0. The molecule has 0 atom stereocenters. The van der Waals surface area contributed by atoms with E-state index in [9.17, 15) is 0 Å². The van der Waals surface area contributed by atoms with Crippen molar-refractivity contribution in [3.63, 3.8) is 0 Å². The second-order valence-electron chi connectivity index (χ2n) is 3.98. The molecule has 2 aromatic rings. The van der Waals surface area contributed by atoms with Crippen LogP contribution in [0.5, 0.6) is 0 Å². The molecule has 1 aromatic carbocycles. The molecule has 0 radical (unpaired) electrons. The van der Waals surface area contributed by atoms with Crippen molar-refractivity contribution >= 4 is 5.69 Å². The molecule has 1 aromatic heterocycles. The molecule has 0 aliphatic carbocycles. The van der Waals surface area contributed by atoms with Crippen LogP contribution in [0.4, 0.5) is 5.69 Å². The van der Waals surface area contributed by atoms with Crippen LogP contribution in [-0.4, -0.2) is 10.2 Å². The van der Waals surface area contributed by atoms with E-state index in [1.54, 1.807) is 0 Å². The number of nitrogen functional groups attached to an aromatic ring is 1. The van der Waals surface area contributed by atoms with Crippen LogP contribution in [0.3, 0.4) is 0 Å². The van der Waals surface area contributed by atoms with E-state index in [4.69, 9.17) is 5.73 Å². The molecule has 0 unspecified atom stereocenters. The highest BCUT2D eigenvalue weighted by Crippen LogP contribution is 2.28. The van der Waals surface area contributed by atoms with Crippen molar-refractivity contribution < 1.29 is 0 Å². The molecule has 3 heteroatoms. The lowest BCUT2D eigenvalue weighted by Crippen LogP contribution is -1.95. The van der Waals surface area contributed by atoms with Crippen molar-refractivity contribution in [3.05, 3.63) is 35.0 Å². The maximum absolute atomic E-state index is 6.04. The fourth-order valence-electron chi connectivity index (χ4n) is 1.75. The van der Waals surface area contributed by atoms with Crippen molar-refractivity contribution in [1.29, 1.82) is 0 Å². The highest BCUT2D eigenvalue weighted by Gasteiger charge is 2.08. The van der Waals surface area contributed by atoms with E-state index in [0.717, 1.165) is 28.2 Å². The van der Waals surface area contributed by atoms with Gasteiger partial charge in [0.1, 0.15) is 0 Å². The number of aryl methyl sites for hydroxylation is 3. The lowest BCUT2D eigenvalue weighted by Gasteiger charge is -2.07. The first-order chi connectivity index (χ1) is 7.08. The van der Waals surface area contributed by atoms with Gasteiger partial charge in [0.25, 0.3) is 0 Å². The van der Waals surface area contributed by atoms with Gasteiger partial charge in [-0.15, -0.1) is 0 Å². The minimum atomic E-state index is 0.812. The third-order valence-electron chi connectivity index (χ3n) is 2.51. The van der Waals surface area contributed by atoms with Gasteiger partial charge in [-0.05, 0) is 38.5 Å². The van der Waals surface area contributed by atoms with Gasteiger partial charge >= 0.3 is 0 Å². The molecular weight excluding hydrogens is 186 g/mol. The van der Waals surface area contributed by atoms with E-state index in [-0.39, 0.29) is 0 Å². The van der Waals surface area contributed by atoms with E-state index in [1.165, 1.54) is 5.56 Å². The number of hydrogen-bond acceptors (Lipinski definition) is 2. The fourth-order valence-corrected chi connectivity index (χ4v) is 1.75. The van der Waals surface area contributed by atoms with E-state index in [1.807, 2.05) is 19.9 Å². The van der Waals surface area contributed by atoms with Crippen LogP contribution in [0, 0.1) is 20.8 Å². The summed E-state index contributed by atoms with van der Waals surface area (Å²) in [6.07, 6.45) is 0. The van der Waals surface area contributed by atoms with Gasteiger partial charge in [0.15, 0.2) is 0 Å². The summed E-state index contributed by atoms with van der Waals surface area (Å²) < 4.78 is 0. The second kappa shape index (κ2) is 3.42. The molecule has 3 nitrogen and oxygen atoms in total. The minimum absolute atomic E-state index is 0.812. The number of aromatic amines is 1. The molecule has 0 fully saturated rings. The van der Waals surface area contributed by atoms with Gasteiger partial charge < -0.3 is 5.73 Å². The highest BCUT2D eigenvalue weighted by atomic mass is 15.1. The van der Waals surface area contributed by atoms with Crippen molar-refractivity contribution in [2.24, 2.45) is 0 Å². The summed E-state index contributed by atoms with van der Waals surface area (Å²) in [7, 11) is 0.